The van der Waals surface area contributed by atoms with Crippen molar-refractivity contribution < 1.29 is 8.42 Å². The first-order chi connectivity index (χ1) is 9.52. The summed E-state index contributed by atoms with van der Waals surface area (Å²) in [7, 11) is -3.51. The molecule has 0 aliphatic carbocycles. The van der Waals surface area contributed by atoms with Gasteiger partial charge in [-0.25, -0.2) is 15.0 Å². The minimum atomic E-state index is -3.51. The highest BCUT2D eigenvalue weighted by atomic mass is 32.2. The monoisotopic (exact) mass is 293 g/mol. The van der Waals surface area contributed by atoms with E-state index in [2.05, 4.69) is 11.8 Å². The van der Waals surface area contributed by atoms with E-state index in [1.165, 1.54) is 6.42 Å². The number of hydrogen-bond acceptors (Lipinski definition) is 2. The van der Waals surface area contributed by atoms with Gasteiger partial charge >= 0.3 is 5.37 Å². The first kappa shape index (κ1) is 16.7. The molecule has 0 saturated carbocycles. The molecule has 1 rings (SSSR count). The average molecular weight is 293 g/mol. The molecule has 0 aliphatic rings. The molecule has 1 aromatic rings. The highest BCUT2D eigenvalue weighted by Gasteiger charge is 2.31. The van der Waals surface area contributed by atoms with E-state index in [0.717, 1.165) is 31.2 Å². The zero-order valence-electron chi connectivity index (χ0n) is 12.3. The van der Waals surface area contributed by atoms with E-state index in [9.17, 15) is 8.42 Å². The first-order valence-electron chi connectivity index (χ1n) is 7.19. The van der Waals surface area contributed by atoms with Crippen LogP contribution in [-0.2, 0) is 9.84 Å². The average Bonchev–Trinajstić information content (AvgIpc) is 2.43. The van der Waals surface area contributed by atoms with Gasteiger partial charge < -0.3 is 0 Å². The van der Waals surface area contributed by atoms with E-state index < -0.39 is 15.2 Å². The van der Waals surface area contributed by atoms with Gasteiger partial charge in [0.2, 0.25) is 0 Å². The Morgan fingerprint density at radius 1 is 1.10 bits per heavy atom. The summed E-state index contributed by atoms with van der Waals surface area (Å²) >= 11 is 0. The molecular weight excluding hydrogens is 270 g/mol. The third kappa shape index (κ3) is 4.64. The standard InChI is InChI=1S/C16H23NO2S/c1-4-5-6-7-8-9-16(17-3)20(18,19)15-12-10-14(2)11-13-15/h10-13,16H,4-9H2,1-2H3. The molecule has 0 N–H and O–H groups in total. The summed E-state index contributed by atoms with van der Waals surface area (Å²) in [5, 5.41) is -0.938. The van der Waals surface area contributed by atoms with Crippen LogP contribution in [0.25, 0.3) is 4.85 Å². The SMILES string of the molecule is [C-]#[N+]C(CCCCCCC)S(=O)(=O)c1ccc(C)cc1. The number of benzene rings is 1. The Kier molecular flexibility index (Phi) is 6.74. The highest BCUT2D eigenvalue weighted by molar-refractivity contribution is 7.92. The van der Waals surface area contributed by atoms with Crippen molar-refractivity contribution in [3.05, 3.63) is 41.2 Å². The van der Waals surface area contributed by atoms with Crippen LogP contribution in [0, 0.1) is 13.5 Å². The molecule has 0 aliphatic heterocycles. The molecular formula is C16H23NO2S. The first-order valence-corrected chi connectivity index (χ1v) is 8.74. The van der Waals surface area contributed by atoms with Crippen LogP contribution < -0.4 is 0 Å². The number of hydrogen-bond donors (Lipinski definition) is 0. The topological polar surface area (TPSA) is 38.5 Å². The molecule has 0 aromatic heterocycles. The van der Waals surface area contributed by atoms with Gasteiger partial charge in [0.15, 0.2) is 0 Å². The van der Waals surface area contributed by atoms with Crippen LogP contribution in [0.3, 0.4) is 0 Å². The maximum absolute atomic E-state index is 12.4. The van der Waals surface area contributed by atoms with Gasteiger partial charge in [-0.05, 0) is 25.5 Å². The second-order valence-corrected chi connectivity index (χ2v) is 7.25. The molecule has 1 atom stereocenters. The molecule has 4 heteroatoms. The minimum absolute atomic E-state index is 0.262. The smallest absolute Gasteiger partial charge is 0.296 e. The Hall–Kier alpha value is -1.34. The maximum Gasteiger partial charge on any atom is 0.325 e. The summed E-state index contributed by atoms with van der Waals surface area (Å²) < 4.78 is 24.8. The summed E-state index contributed by atoms with van der Waals surface area (Å²) in [6, 6.07) is 6.74. The fraction of sp³-hybridized carbons (Fsp3) is 0.562. The fourth-order valence-corrected chi connectivity index (χ4v) is 3.54. The minimum Gasteiger partial charge on any atom is -0.296 e. The van der Waals surface area contributed by atoms with Crippen LogP contribution in [0.5, 0.6) is 0 Å². The zero-order valence-corrected chi connectivity index (χ0v) is 13.1. The van der Waals surface area contributed by atoms with Gasteiger partial charge in [-0.1, -0.05) is 50.3 Å². The lowest BCUT2D eigenvalue weighted by Gasteiger charge is -2.08. The third-order valence-corrected chi connectivity index (χ3v) is 5.39. The zero-order chi connectivity index (χ0) is 15.0. The Labute approximate surface area is 122 Å². The van der Waals surface area contributed by atoms with Crippen LogP contribution in [0.1, 0.15) is 51.0 Å². The van der Waals surface area contributed by atoms with Gasteiger partial charge in [0.25, 0.3) is 9.84 Å². The second kappa shape index (κ2) is 8.06. The van der Waals surface area contributed by atoms with Gasteiger partial charge in [-0.15, -0.1) is 0 Å². The summed E-state index contributed by atoms with van der Waals surface area (Å²) in [5.74, 6) is 0. The predicted molar refractivity (Wildman–Crippen MR) is 82.1 cm³/mol. The third-order valence-electron chi connectivity index (χ3n) is 3.41. The molecule has 3 nitrogen and oxygen atoms in total. The molecule has 0 saturated heterocycles. The Balaban J connectivity index is 2.68. The van der Waals surface area contributed by atoms with Crippen molar-refractivity contribution in [2.45, 2.75) is 62.6 Å². The number of nitrogens with zero attached hydrogens (tertiary/aromatic N) is 1. The summed E-state index contributed by atoms with van der Waals surface area (Å²) in [5.41, 5.74) is 1.02. The lowest BCUT2D eigenvalue weighted by atomic mass is 10.1. The lowest BCUT2D eigenvalue weighted by molar-refractivity contribution is 0.567. The van der Waals surface area contributed by atoms with Gasteiger partial charge in [0.1, 0.15) is 0 Å². The Morgan fingerprint density at radius 3 is 2.25 bits per heavy atom. The van der Waals surface area contributed by atoms with E-state index in [1.807, 2.05) is 6.92 Å². The molecule has 20 heavy (non-hydrogen) atoms. The lowest BCUT2D eigenvalue weighted by Crippen LogP contribution is -2.17. The number of aryl methyl sites for hydroxylation is 1. The van der Waals surface area contributed by atoms with Crippen LogP contribution in [0.2, 0.25) is 0 Å². The van der Waals surface area contributed by atoms with E-state index in [4.69, 9.17) is 6.57 Å². The number of sulfone groups is 1. The van der Waals surface area contributed by atoms with E-state index in [-0.39, 0.29) is 4.90 Å². The van der Waals surface area contributed by atoms with Crippen molar-refractivity contribution in [3.63, 3.8) is 0 Å². The van der Waals surface area contributed by atoms with Crippen LogP contribution >= 0.6 is 0 Å². The van der Waals surface area contributed by atoms with Crippen molar-refractivity contribution in [1.82, 2.24) is 0 Å². The molecule has 0 heterocycles. The fourth-order valence-electron chi connectivity index (χ4n) is 2.10. The normalized spacial score (nSPS) is 12.8. The van der Waals surface area contributed by atoms with E-state index >= 15 is 0 Å². The quantitative estimate of drug-likeness (QED) is 0.527. The van der Waals surface area contributed by atoms with Crippen LogP contribution in [0.4, 0.5) is 0 Å². The van der Waals surface area contributed by atoms with E-state index in [0.29, 0.717) is 6.42 Å². The van der Waals surface area contributed by atoms with Crippen molar-refractivity contribution >= 4 is 9.84 Å². The van der Waals surface area contributed by atoms with Crippen molar-refractivity contribution in [1.29, 1.82) is 0 Å². The maximum atomic E-state index is 12.4. The number of unbranched alkanes of at least 4 members (excludes halogenated alkanes) is 4. The van der Waals surface area contributed by atoms with Gasteiger partial charge in [-0.2, -0.15) is 0 Å². The van der Waals surface area contributed by atoms with Crippen LogP contribution in [0.15, 0.2) is 29.2 Å². The van der Waals surface area contributed by atoms with Gasteiger partial charge in [0, 0.05) is 6.42 Å². The largest absolute Gasteiger partial charge is 0.325 e. The predicted octanol–water partition coefficient (Wildman–Crippen LogP) is 4.37. The highest BCUT2D eigenvalue weighted by Crippen LogP contribution is 2.22. The molecule has 0 fully saturated rings. The second-order valence-electron chi connectivity index (χ2n) is 5.14. The molecule has 0 amide bonds. The Bertz CT molecular complexity index is 541. The summed E-state index contributed by atoms with van der Waals surface area (Å²) in [6.45, 7) is 11.2. The van der Waals surface area contributed by atoms with Crippen molar-refractivity contribution in [3.8, 4) is 0 Å². The van der Waals surface area contributed by atoms with E-state index in [1.54, 1.807) is 24.3 Å². The molecule has 110 valence electrons. The van der Waals surface area contributed by atoms with Crippen molar-refractivity contribution in [2.24, 2.45) is 0 Å². The van der Waals surface area contributed by atoms with Gasteiger partial charge in [-0.3, -0.25) is 4.85 Å². The van der Waals surface area contributed by atoms with Crippen LogP contribution in [-0.4, -0.2) is 13.8 Å². The van der Waals surface area contributed by atoms with Gasteiger partial charge in [0.05, 0.1) is 4.90 Å². The Morgan fingerprint density at radius 2 is 1.70 bits per heavy atom. The molecule has 1 unspecified atom stereocenters. The molecule has 0 spiro atoms. The molecule has 0 radical (unpaired) electrons. The summed E-state index contributed by atoms with van der Waals surface area (Å²) in [4.78, 5) is 3.60. The molecule has 1 aromatic carbocycles. The number of rotatable bonds is 8. The summed E-state index contributed by atoms with van der Waals surface area (Å²) in [6.07, 6.45) is 5.69. The molecule has 0 bridgehead atoms. The van der Waals surface area contributed by atoms with Crippen molar-refractivity contribution in [2.75, 3.05) is 0 Å².